The average molecular weight is 593 g/mol. The van der Waals surface area contributed by atoms with E-state index in [9.17, 15) is 17.6 Å². The van der Waals surface area contributed by atoms with Crippen molar-refractivity contribution >= 4 is 42.4 Å². The standard InChI is InChI=1S/C30H25FN2O6S2/c1-18-8-12-20(13-9-18)39-28(22-6-4-5-7-27(22)41(35,36)21-14-10-19(31)11-15-21)29(34)33-30-32-23-16-24(37-2)25(38-3)17-26(23)40-30/h4-17,28H,1-3H3,(H,32,33,34). The monoisotopic (exact) mass is 592 g/mol. The summed E-state index contributed by atoms with van der Waals surface area (Å²) in [6.07, 6.45) is -1.37. The maximum atomic E-state index is 13.8. The summed E-state index contributed by atoms with van der Waals surface area (Å²) in [5.74, 6) is 0.169. The first kappa shape index (κ1) is 28.1. The Balaban J connectivity index is 1.56. The van der Waals surface area contributed by atoms with Crippen molar-refractivity contribution in [3.05, 3.63) is 102 Å². The second-order valence-corrected chi connectivity index (χ2v) is 11.9. The minimum absolute atomic E-state index is 0.111. The SMILES string of the molecule is COc1cc2nc(NC(=O)C(Oc3ccc(C)cc3)c3ccccc3S(=O)(=O)c3ccc(F)cc3)sc2cc1OC. The quantitative estimate of drug-likeness (QED) is 0.199. The summed E-state index contributed by atoms with van der Waals surface area (Å²) >= 11 is 1.22. The Bertz CT molecular complexity index is 1780. The largest absolute Gasteiger partial charge is 0.493 e. The molecule has 41 heavy (non-hydrogen) atoms. The summed E-state index contributed by atoms with van der Waals surface area (Å²) < 4.78 is 58.4. The van der Waals surface area contributed by atoms with Gasteiger partial charge >= 0.3 is 0 Å². The van der Waals surface area contributed by atoms with Crippen LogP contribution in [0.1, 0.15) is 17.2 Å². The van der Waals surface area contributed by atoms with Crippen LogP contribution in [0, 0.1) is 12.7 Å². The third-order valence-electron chi connectivity index (χ3n) is 6.25. The van der Waals surface area contributed by atoms with E-state index >= 15 is 0 Å². The summed E-state index contributed by atoms with van der Waals surface area (Å²) in [6.45, 7) is 1.91. The highest BCUT2D eigenvalue weighted by molar-refractivity contribution is 7.91. The smallest absolute Gasteiger partial charge is 0.272 e. The predicted molar refractivity (Wildman–Crippen MR) is 154 cm³/mol. The first-order valence-electron chi connectivity index (χ1n) is 12.4. The summed E-state index contributed by atoms with van der Waals surface area (Å²) in [5, 5.41) is 3.05. The van der Waals surface area contributed by atoms with Crippen molar-refractivity contribution in [1.82, 2.24) is 4.98 Å². The molecule has 1 atom stereocenters. The van der Waals surface area contributed by atoms with Gasteiger partial charge in [-0.15, -0.1) is 0 Å². The van der Waals surface area contributed by atoms with Crippen LogP contribution in [0.4, 0.5) is 9.52 Å². The van der Waals surface area contributed by atoms with Crippen molar-refractivity contribution in [2.75, 3.05) is 19.5 Å². The number of fused-ring (bicyclic) bond motifs is 1. The molecule has 0 spiro atoms. The molecule has 11 heteroatoms. The minimum atomic E-state index is -4.14. The average Bonchev–Trinajstić information content (AvgIpc) is 3.37. The molecule has 1 aromatic heterocycles. The molecule has 0 fully saturated rings. The molecule has 0 radical (unpaired) electrons. The van der Waals surface area contributed by atoms with Gasteiger partial charge in [0.05, 0.1) is 34.2 Å². The lowest BCUT2D eigenvalue weighted by Crippen LogP contribution is -2.27. The van der Waals surface area contributed by atoms with Gasteiger partial charge in [0, 0.05) is 17.7 Å². The fraction of sp³-hybridized carbons (Fsp3) is 0.133. The first-order chi connectivity index (χ1) is 19.7. The first-order valence-corrected chi connectivity index (χ1v) is 14.7. The number of aromatic nitrogens is 1. The molecule has 0 aliphatic carbocycles. The maximum Gasteiger partial charge on any atom is 0.272 e. The molecular weight excluding hydrogens is 567 g/mol. The van der Waals surface area contributed by atoms with Crippen molar-refractivity contribution in [2.24, 2.45) is 0 Å². The van der Waals surface area contributed by atoms with Gasteiger partial charge in [-0.25, -0.2) is 17.8 Å². The molecule has 5 aromatic rings. The topological polar surface area (TPSA) is 104 Å². The number of carbonyl (C=O) groups excluding carboxylic acids is 1. The van der Waals surface area contributed by atoms with Gasteiger partial charge in [0.15, 0.2) is 16.6 Å². The molecule has 0 saturated heterocycles. The van der Waals surface area contributed by atoms with Crippen LogP contribution in [0.5, 0.6) is 17.2 Å². The highest BCUT2D eigenvalue weighted by Gasteiger charge is 2.31. The van der Waals surface area contributed by atoms with Crippen molar-refractivity contribution in [2.45, 2.75) is 22.8 Å². The molecule has 1 unspecified atom stereocenters. The number of ether oxygens (including phenoxy) is 3. The van der Waals surface area contributed by atoms with E-state index in [1.165, 1.54) is 49.8 Å². The number of hydrogen-bond acceptors (Lipinski definition) is 8. The molecule has 0 bridgehead atoms. The van der Waals surface area contributed by atoms with E-state index in [2.05, 4.69) is 10.3 Å². The molecule has 1 amide bonds. The number of anilines is 1. The lowest BCUT2D eigenvalue weighted by atomic mass is 10.1. The van der Waals surface area contributed by atoms with Crippen LogP contribution >= 0.6 is 11.3 Å². The zero-order valence-electron chi connectivity index (χ0n) is 22.3. The Labute approximate surface area is 240 Å². The highest BCUT2D eigenvalue weighted by atomic mass is 32.2. The maximum absolute atomic E-state index is 13.8. The van der Waals surface area contributed by atoms with Gasteiger partial charge in [-0.2, -0.15) is 0 Å². The van der Waals surface area contributed by atoms with Gasteiger partial charge in [0.25, 0.3) is 5.91 Å². The number of carbonyl (C=O) groups is 1. The molecule has 5 rings (SSSR count). The number of rotatable bonds is 9. The highest BCUT2D eigenvalue weighted by Crippen LogP contribution is 2.37. The van der Waals surface area contributed by atoms with E-state index < -0.39 is 27.7 Å². The second kappa shape index (κ2) is 11.6. The number of amides is 1. The van der Waals surface area contributed by atoms with Crippen LogP contribution in [-0.4, -0.2) is 33.5 Å². The number of hydrogen-bond donors (Lipinski definition) is 1. The van der Waals surface area contributed by atoms with E-state index in [0.717, 1.165) is 22.4 Å². The molecule has 1 N–H and O–H groups in total. The van der Waals surface area contributed by atoms with E-state index in [1.807, 2.05) is 19.1 Å². The molecular formula is C30H25FN2O6S2. The van der Waals surface area contributed by atoms with E-state index in [1.54, 1.807) is 36.4 Å². The van der Waals surface area contributed by atoms with E-state index in [4.69, 9.17) is 14.2 Å². The molecule has 0 saturated carbocycles. The number of nitrogens with one attached hydrogen (secondary N) is 1. The summed E-state index contributed by atoms with van der Waals surface area (Å²) in [4.78, 5) is 18.0. The van der Waals surface area contributed by atoms with Crippen molar-refractivity contribution in [1.29, 1.82) is 0 Å². The van der Waals surface area contributed by atoms with Gasteiger partial charge in [-0.1, -0.05) is 47.2 Å². The van der Waals surface area contributed by atoms with Crippen LogP contribution in [0.25, 0.3) is 10.2 Å². The van der Waals surface area contributed by atoms with Gasteiger partial charge < -0.3 is 14.2 Å². The minimum Gasteiger partial charge on any atom is -0.493 e. The molecule has 4 aromatic carbocycles. The number of halogens is 1. The van der Waals surface area contributed by atoms with Gasteiger partial charge in [-0.05, 0) is 49.4 Å². The number of sulfone groups is 1. The lowest BCUT2D eigenvalue weighted by Gasteiger charge is -2.21. The van der Waals surface area contributed by atoms with Crippen molar-refractivity contribution in [3.63, 3.8) is 0 Å². The fourth-order valence-corrected chi connectivity index (χ4v) is 6.54. The van der Waals surface area contributed by atoms with E-state index in [-0.39, 0.29) is 20.5 Å². The Morgan fingerprint density at radius 2 is 1.59 bits per heavy atom. The zero-order chi connectivity index (χ0) is 29.1. The lowest BCUT2D eigenvalue weighted by molar-refractivity contribution is -0.123. The molecule has 0 aliphatic rings. The van der Waals surface area contributed by atoms with Crippen LogP contribution < -0.4 is 19.5 Å². The number of aryl methyl sites for hydroxylation is 1. The Morgan fingerprint density at radius 3 is 2.27 bits per heavy atom. The number of methoxy groups -OCH3 is 2. The Morgan fingerprint density at radius 1 is 0.927 bits per heavy atom. The Kier molecular flexibility index (Phi) is 7.91. The molecule has 1 heterocycles. The fourth-order valence-electron chi connectivity index (χ4n) is 4.17. The summed E-state index contributed by atoms with van der Waals surface area (Å²) in [5.41, 5.74) is 1.68. The normalized spacial score (nSPS) is 12.1. The molecule has 8 nitrogen and oxygen atoms in total. The number of thiazole rings is 1. The summed E-state index contributed by atoms with van der Waals surface area (Å²) in [7, 11) is -1.10. The van der Waals surface area contributed by atoms with Gasteiger partial charge in [0.1, 0.15) is 11.6 Å². The third-order valence-corrected chi connectivity index (χ3v) is 9.03. The predicted octanol–water partition coefficient (Wildman–Crippen LogP) is 6.35. The van der Waals surface area contributed by atoms with Crippen LogP contribution in [0.3, 0.4) is 0 Å². The Hall–Kier alpha value is -4.48. The summed E-state index contributed by atoms with van der Waals surface area (Å²) in [6, 6.07) is 21.1. The number of benzene rings is 4. The molecule has 210 valence electrons. The zero-order valence-corrected chi connectivity index (χ0v) is 23.9. The van der Waals surface area contributed by atoms with Gasteiger partial charge in [0.2, 0.25) is 15.9 Å². The van der Waals surface area contributed by atoms with Crippen molar-refractivity contribution in [3.8, 4) is 17.2 Å². The van der Waals surface area contributed by atoms with Crippen LogP contribution in [-0.2, 0) is 14.6 Å². The number of nitrogens with zero attached hydrogens (tertiary/aromatic N) is 1. The van der Waals surface area contributed by atoms with Crippen LogP contribution in [0.15, 0.2) is 94.7 Å². The van der Waals surface area contributed by atoms with Crippen LogP contribution in [0.2, 0.25) is 0 Å². The van der Waals surface area contributed by atoms with Crippen molar-refractivity contribution < 1.29 is 31.8 Å². The second-order valence-electron chi connectivity index (χ2n) is 8.99. The third kappa shape index (κ3) is 5.86. The molecule has 0 aliphatic heterocycles. The van der Waals surface area contributed by atoms with Gasteiger partial charge in [-0.3, -0.25) is 10.1 Å². The van der Waals surface area contributed by atoms with E-state index in [0.29, 0.717) is 22.8 Å².